The number of benzene rings is 2. The molecular formula is C19H16N2O. The zero-order chi connectivity index (χ0) is 15.4. The Labute approximate surface area is 129 Å². The number of nitrogens with zero attached hydrogens (tertiary/aromatic N) is 1. The highest BCUT2D eigenvalue weighted by Gasteiger charge is 2.18. The van der Waals surface area contributed by atoms with Crippen LogP contribution in [-0.4, -0.2) is 11.6 Å². The van der Waals surface area contributed by atoms with E-state index in [4.69, 9.17) is 0 Å². The van der Waals surface area contributed by atoms with Gasteiger partial charge in [0.05, 0.1) is 11.3 Å². The number of rotatable bonds is 3. The van der Waals surface area contributed by atoms with Crippen molar-refractivity contribution in [3.8, 4) is 0 Å². The summed E-state index contributed by atoms with van der Waals surface area (Å²) >= 11 is 0. The second-order valence-electron chi connectivity index (χ2n) is 5.11. The van der Waals surface area contributed by atoms with Gasteiger partial charge in [-0.1, -0.05) is 66.7 Å². The predicted molar refractivity (Wildman–Crippen MR) is 91.0 cm³/mol. The minimum Gasteiger partial charge on any atom is -0.267 e. The van der Waals surface area contributed by atoms with Gasteiger partial charge in [-0.15, -0.1) is 0 Å². The van der Waals surface area contributed by atoms with Crippen LogP contribution in [0.5, 0.6) is 0 Å². The lowest BCUT2D eigenvalue weighted by Crippen LogP contribution is -2.12. The average molecular weight is 288 g/mol. The van der Waals surface area contributed by atoms with Crippen molar-refractivity contribution in [1.29, 1.82) is 0 Å². The molecule has 1 aliphatic rings. The normalized spacial score (nSPS) is 16.1. The van der Waals surface area contributed by atoms with Crippen molar-refractivity contribution in [2.45, 2.75) is 6.92 Å². The van der Waals surface area contributed by atoms with Crippen molar-refractivity contribution < 1.29 is 4.79 Å². The lowest BCUT2D eigenvalue weighted by Gasteiger charge is -1.99. The molecule has 0 spiro atoms. The summed E-state index contributed by atoms with van der Waals surface area (Å²) in [6.45, 7) is 1.82. The van der Waals surface area contributed by atoms with Crippen LogP contribution in [0.15, 0.2) is 65.3 Å². The zero-order valence-corrected chi connectivity index (χ0v) is 12.3. The van der Waals surface area contributed by atoms with Crippen molar-refractivity contribution in [2.24, 2.45) is 5.10 Å². The Kier molecular flexibility index (Phi) is 3.97. The van der Waals surface area contributed by atoms with Crippen molar-refractivity contribution in [2.75, 3.05) is 0 Å². The van der Waals surface area contributed by atoms with E-state index in [2.05, 4.69) is 34.8 Å². The zero-order valence-electron chi connectivity index (χ0n) is 12.3. The van der Waals surface area contributed by atoms with Crippen molar-refractivity contribution in [1.82, 2.24) is 5.43 Å². The molecule has 0 saturated heterocycles. The van der Waals surface area contributed by atoms with Gasteiger partial charge in [-0.2, -0.15) is 5.10 Å². The van der Waals surface area contributed by atoms with Gasteiger partial charge in [-0.05, 0) is 29.7 Å². The van der Waals surface area contributed by atoms with Crippen LogP contribution >= 0.6 is 0 Å². The number of hydrogen-bond acceptors (Lipinski definition) is 2. The molecule has 0 saturated carbocycles. The van der Waals surface area contributed by atoms with E-state index in [0.29, 0.717) is 5.57 Å². The van der Waals surface area contributed by atoms with Crippen LogP contribution < -0.4 is 5.43 Å². The molecule has 0 unspecified atom stereocenters. The van der Waals surface area contributed by atoms with E-state index in [1.807, 2.05) is 55.5 Å². The van der Waals surface area contributed by atoms with E-state index in [-0.39, 0.29) is 5.91 Å². The molecule has 3 nitrogen and oxygen atoms in total. The van der Waals surface area contributed by atoms with Gasteiger partial charge in [-0.25, -0.2) is 5.43 Å². The second-order valence-corrected chi connectivity index (χ2v) is 5.11. The van der Waals surface area contributed by atoms with Crippen LogP contribution in [0.2, 0.25) is 0 Å². The SMILES string of the molecule is CC1=NNC(=O)/C1=C\c1ccc(/C=C/c2ccccc2)cc1. The highest BCUT2D eigenvalue weighted by atomic mass is 16.2. The van der Waals surface area contributed by atoms with Crippen LogP contribution in [0, 0.1) is 0 Å². The molecule has 2 aromatic carbocycles. The van der Waals surface area contributed by atoms with Crippen molar-refractivity contribution in [3.05, 3.63) is 76.9 Å². The molecule has 0 aromatic heterocycles. The fraction of sp³-hybridized carbons (Fsp3) is 0.0526. The molecule has 108 valence electrons. The summed E-state index contributed by atoms with van der Waals surface area (Å²) in [6.07, 6.45) is 6.00. The summed E-state index contributed by atoms with van der Waals surface area (Å²) in [5.74, 6) is -0.148. The molecule has 0 atom stereocenters. The van der Waals surface area contributed by atoms with Gasteiger partial charge >= 0.3 is 0 Å². The molecular weight excluding hydrogens is 272 g/mol. The van der Waals surface area contributed by atoms with Crippen LogP contribution in [0.1, 0.15) is 23.6 Å². The number of amides is 1. The third-order valence-electron chi connectivity index (χ3n) is 3.47. The van der Waals surface area contributed by atoms with Crippen LogP contribution in [-0.2, 0) is 4.79 Å². The Morgan fingerprint density at radius 2 is 1.45 bits per heavy atom. The molecule has 3 rings (SSSR count). The first kappa shape index (κ1) is 14.0. The van der Waals surface area contributed by atoms with Crippen LogP contribution in [0.25, 0.3) is 18.2 Å². The van der Waals surface area contributed by atoms with Gasteiger partial charge < -0.3 is 0 Å². The van der Waals surface area contributed by atoms with Crippen LogP contribution in [0.4, 0.5) is 0 Å². The van der Waals surface area contributed by atoms with E-state index in [9.17, 15) is 4.79 Å². The lowest BCUT2D eigenvalue weighted by molar-refractivity contribution is -0.116. The molecule has 1 heterocycles. The highest BCUT2D eigenvalue weighted by Crippen LogP contribution is 2.14. The summed E-state index contributed by atoms with van der Waals surface area (Å²) in [5, 5.41) is 3.91. The molecule has 22 heavy (non-hydrogen) atoms. The highest BCUT2D eigenvalue weighted by molar-refractivity contribution is 6.26. The van der Waals surface area contributed by atoms with E-state index in [0.717, 1.165) is 16.8 Å². The molecule has 0 fully saturated rings. The Morgan fingerprint density at radius 3 is 2.05 bits per heavy atom. The van der Waals surface area contributed by atoms with E-state index in [1.165, 1.54) is 5.56 Å². The van der Waals surface area contributed by atoms with Crippen LogP contribution in [0.3, 0.4) is 0 Å². The molecule has 3 heteroatoms. The van der Waals surface area contributed by atoms with E-state index in [1.54, 1.807) is 0 Å². The number of carbonyl (C=O) groups excluding carboxylic acids is 1. The maximum Gasteiger partial charge on any atom is 0.273 e. The van der Waals surface area contributed by atoms with E-state index >= 15 is 0 Å². The Balaban J connectivity index is 1.76. The Hall–Kier alpha value is -2.94. The molecule has 2 aromatic rings. The van der Waals surface area contributed by atoms with Gasteiger partial charge in [0.1, 0.15) is 0 Å². The Morgan fingerprint density at radius 1 is 0.864 bits per heavy atom. The van der Waals surface area contributed by atoms with Gasteiger partial charge in [0, 0.05) is 0 Å². The third kappa shape index (κ3) is 3.20. The fourth-order valence-electron chi connectivity index (χ4n) is 2.22. The fourth-order valence-corrected chi connectivity index (χ4v) is 2.22. The maximum absolute atomic E-state index is 11.6. The summed E-state index contributed by atoms with van der Waals surface area (Å²) in [7, 11) is 0. The monoisotopic (exact) mass is 288 g/mol. The minimum atomic E-state index is -0.148. The van der Waals surface area contributed by atoms with E-state index < -0.39 is 0 Å². The molecule has 1 amide bonds. The standard InChI is InChI=1S/C19H16N2O/c1-14-18(19(22)21-20-14)13-17-11-9-16(10-12-17)8-7-15-5-3-2-4-6-15/h2-13H,1H3,(H,21,22)/b8-7+,18-13-. The van der Waals surface area contributed by atoms with Gasteiger partial charge in [-0.3, -0.25) is 4.79 Å². The smallest absolute Gasteiger partial charge is 0.267 e. The molecule has 0 radical (unpaired) electrons. The van der Waals surface area contributed by atoms with Crippen molar-refractivity contribution >= 4 is 29.8 Å². The topological polar surface area (TPSA) is 41.5 Å². The quantitative estimate of drug-likeness (QED) is 0.678. The Bertz CT molecular complexity index is 769. The second kappa shape index (κ2) is 6.22. The number of hydrogen-bond donors (Lipinski definition) is 1. The van der Waals surface area contributed by atoms with Gasteiger partial charge in [0.25, 0.3) is 5.91 Å². The summed E-state index contributed by atoms with van der Waals surface area (Å²) in [5.41, 5.74) is 7.07. The first-order valence-electron chi connectivity index (χ1n) is 7.12. The largest absolute Gasteiger partial charge is 0.273 e. The summed E-state index contributed by atoms with van der Waals surface area (Å²) in [4.78, 5) is 11.6. The summed E-state index contributed by atoms with van der Waals surface area (Å²) < 4.78 is 0. The first-order valence-corrected chi connectivity index (χ1v) is 7.12. The lowest BCUT2D eigenvalue weighted by atomic mass is 10.1. The van der Waals surface area contributed by atoms with Gasteiger partial charge in [0.2, 0.25) is 0 Å². The van der Waals surface area contributed by atoms with Gasteiger partial charge in [0.15, 0.2) is 0 Å². The average Bonchev–Trinajstić information content (AvgIpc) is 2.87. The molecule has 1 aliphatic heterocycles. The number of carbonyl (C=O) groups is 1. The molecule has 1 N–H and O–H groups in total. The number of hydrazone groups is 1. The molecule has 0 bridgehead atoms. The third-order valence-corrected chi connectivity index (χ3v) is 3.47. The summed E-state index contributed by atoms with van der Waals surface area (Å²) in [6, 6.07) is 18.2. The first-order chi connectivity index (χ1) is 10.7. The molecule has 0 aliphatic carbocycles. The minimum absolute atomic E-state index is 0.148. The van der Waals surface area contributed by atoms with Crippen molar-refractivity contribution in [3.63, 3.8) is 0 Å². The maximum atomic E-state index is 11.6. The predicted octanol–water partition coefficient (Wildman–Crippen LogP) is 3.75. The number of nitrogens with one attached hydrogen (secondary N) is 1.